The number of rotatable bonds is 1. The fourth-order valence-corrected chi connectivity index (χ4v) is 2.73. The van der Waals surface area contributed by atoms with Gasteiger partial charge in [0.25, 0.3) is 5.91 Å². The number of anilines is 1. The summed E-state index contributed by atoms with van der Waals surface area (Å²) < 4.78 is 0. The summed E-state index contributed by atoms with van der Waals surface area (Å²) >= 11 is 0. The van der Waals surface area contributed by atoms with E-state index >= 15 is 0 Å². The number of amides is 1. The Hall–Kier alpha value is -3.14. The summed E-state index contributed by atoms with van der Waals surface area (Å²) in [6.07, 6.45) is 1.72. The van der Waals surface area contributed by atoms with Crippen LogP contribution in [0.15, 0.2) is 59.4 Å². The first-order valence-electron chi connectivity index (χ1n) is 6.97. The second-order valence-electron chi connectivity index (χ2n) is 5.19. The first-order chi connectivity index (χ1) is 10.7. The molecule has 3 aromatic rings. The van der Waals surface area contributed by atoms with E-state index in [1.807, 2.05) is 42.5 Å². The van der Waals surface area contributed by atoms with Crippen molar-refractivity contribution >= 4 is 34.1 Å². The highest BCUT2D eigenvalue weighted by Crippen LogP contribution is 2.32. The van der Waals surface area contributed by atoms with Gasteiger partial charge in [-0.25, -0.2) is 0 Å². The molecule has 4 heteroatoms. The van der Waals surface area contributed by atoms with Crippen LogP contribution < -0.4 is 10.7 Å². The molecule has 2 aromatic carbocycles. The SMILES string of the molecule is O=C1Nc2ccccc2/C1=C/c1cc(=O)c2ccccc2[nH]1. The fraction of sp³-hybridized carbons (Fsp3) is 0. The van der Waals surface area contributed by atoms with Crippen LogP contribution in [0.4, 0.5) is 5.69 Å². The van der Waals surface area contributed by atoms with Crippen molar-refractivity contribution in [1.82, 2.24) is 4.98 Å². The lowest BCUT2D eigenvalue weighted by molar-refractivity contribution is -0.110. The third-order valence-electron chi connectivity index (χ3n) is 3.77. The van der Waals surface area contributed by atoms with Gasteiger partial charge in [0.05, 0.1) is 5.57 Å². The molecule has 4 rings (SSSR count). The molecule has 4 nitrogen and oxygen atoms in total. The van der Waals surface area contributed by atoms with E-state index in [2.05, 4.69) is 10.3 Å². The van der Waals surface area contributed by atoms with Gasteiger partial charge in [0.15, 0.2) is 5.43 Å². The molecule has 1 aliphatic rings. The molecule has 2 heterocycles. The van der Waals surface area contributed by atoms with Gasteiger partial charge < -0.3 is 10.3 Å². The maximum absolute atomic E-state index is 12.2. The monoisotopic (exact) mass is 288 g/mol. The van der Waals surface area contributed by atoms with Gasteiger partial charge in [0, 0.05) is 33.9 Å². The number of hydrogen-bond acceptors (Lipinski definition) is 2. The molecule has 0 radical (unpaired) electrons. The Bertz CT molecular complexity index is 999. The molecule has 0 saturated heterocycles. The number of benzene rings is 2. The molecular weight excluding hydrogens is 276 g/mol. The van der Waals surface area contributed by atoms with Crippen LogP contribution >= 0.6 is 0 Å². The third kappa shape index (κ3) is 1.93. The Labute approximate surface area is 126 Å². The van der Waals surface area contributed by atoms with E-state index in [-0.39, 0.29) is 11.3 Å². The van der Waals surface area contributed by atoms with Gasteiger partial charge in [0.2, 0.25) is 0 Å². The summed E-state index contributed by atoms with van der Waals surface area (Å²) in [6, 6.07) is 16.3. The minimum atomic E-state index is -0.157. The summed E-state index contributed by atoms with van der Waals surface area (Å²) in [4.78, 5) is 27.5. The predicted octanol–water partition coefficient (Wildman–Crippen LogP) is 3.02. The maximum atomic E-state index is 12.2. The van der Waals surface area contributed by atoms with Crippen LogP contribution in [-0.4, -0.2) is 10.9 Å². The van der Waals surface area contributed by atoms with Crippen LogP contribution in [0.1, 0.15) is 11.3 Å². The van der Waals surface area contributed by atoms with Crippen molar-refractivity contribution in [3.63, 3.8) is 0 Å². The smallest absolute Gasteiger partial charge is 0.256 e. The standard InChI is InChI=1S/C18H12N2O2/c21-17-10-11(19-16-8-4-2-6-13(16)17)9-14-12-5-1-3-7-15(12)20-18(14)22/h1-10H,(H,19,21)(H,20,22)/b14-9-. The quantitative estimate of drug-likeness (QED) is 0.676. The highest BCUT2D eigenvalue weighted by molar-refractivity contribution is 6.34. The van der Waals surface area contributed by atoms with Crippen LogP contribution in [0.25, 0.3) is 22.6 Å². The summed E-state index contributed by atoms with van der Waals surface area (Å²) in [5.74, 6) is -0.157. The van der Waals surface area contributed by atoms with Crippen molar-refractivity contribution in [3.05, 3.63) is 76.1 Å². The number of hydrogen-bond donors (Lipinski definition) is 2. The van der Waals surface area contributed by atoms with Crippen LogP contribution in [0.5, 0.6) is 0 Å². The normalized spacial score (nSPS) is 15.1. The molecule has 0 spiro atoms. The Morgan fingerprint density at radius 1 is 0.909 bits per heavy atom. The zero-order chi connectivity index (χ0) is 15.1. The van der Waals surface area contributed by atoms with Crippen LogP contribution in [-0.2, 0) is 4.79 Å². The minimum absolute atomic E-state index is 0.0621. The van der Waals surface area contributed by atoms with Crippen molar-refractivity contribution in [2.24, 2.45) is 0 Å². The van der Waals surface area contributed by atoms with Gasteiger partial charge in [0.1, 0.15) is 0 Å². The third-order valence-corrected chi connectivity index (χ3v) is 3.77. The highest BCUT2D eigenvalue weighted by Gasteiger charge is 2.23. The molecule has 106 valence electrons. The van der Waals surface area contributed by atoms with Crippen molar-refractivity contribution < 1.29 is 4.79 Å². The van der Waals surface area contributed by atoms with Gasteiger partial charge in [-0.2, -0.15) is 0 Å². The number of aromatic nitrogens is 1. The molecule has 0 aliphatic carbocycles. The molecule has 22 heavy (non-hydrogen) atoms. The Morgan fingerprint density at radius 3 is 2.59 bits per heavy atom. The lowest BCUT2D eigenvalue weighted by Crippen LogP contribution is -2.05. The summed E-state index contributed by atoms with van der Waals surface area (Å²) in [5, 5.41) is 3.46. The Kier molecular flexibility index (Phi) is 2.69. The molecule has 1 aromatic heterocycles. The van der Waals surface area contributed by atoms with Gasteiger partial charge in [-0.1, -0.05) is 30.3 Å². The fourth-order valence-electron chi connectivity index (χ4n) is 2.73. The second kappa shape index (κ2) is 4.70. The van der Waals surface area contributed by atoms with Crippen molar-refractivity contribution in [3.8, 4) is 0 Å². The zero-order valence-electron chi connectivity index (χ0n) is 11.6. The van der Waals surface area contributed by atoms with E-state index in [1.165, 1.54) is 6.07 Å². The predicted molar refractivity (Wildman–Crippen MR) is 87.5 cm³/mol. The summed E-state index contributed by atoms with van der Waals surface area (Å²) in [7, 11) is 0. The van der Waals surface area contributed by atoms with Gasteiger partial charge in [-0.05, 0) is 24.3 Å². The molecule has 0 saturated carbocycles. The molecule has 0 unspecified atom stereocenters. The van der Waals surface area contributed by atoms with Crippen molar-refractivity contribution in [1.29, 1.82) is 0 Å². The molecule has 2 N–H and O–H groups in total. The number of carbonyl (C=O) groups excluding carboxylic acids is 1. The number of H-pyrrole nitrogens is 1. The largest absolute Gasteiger partial charge is 0.355 e. The first kappa shape index (κ1) is 12.6. The summed E-state index contributed by atoms with van der Waals surface area (Å²) in [6.45, 7) is 0. The van der Waals surface area contributed by atoms with E-state index in [0.29, 0.717) is 16.7 Å². The van der Waals surface area contributed by atoms with Crippen molar-refractivity contribution in [2.75, 3.05) is 5.32 Å². The van der Waals surface area contributed by atoms with E-state index < -0.39 is 0 Å². The van der Waals surface area contributed by atoms with Crippen LogP contribution in [0, 0.1) is 0 Å². The van der Waals surface area contributed by atoms with Crippen molar-refractivity contribution in [2.45, 2.75) is 0 Å². The lowest BCUT2D eigenvalue weighted by Gasteiger charge is -2.02. The Balaban J connectivity index is 1.90. The number of nitrogens with one attached hydrogen (secondary N) is 2. The number of fused-ring (bicyclic) bond motifs is 2. The molecule has 0 fully saturated rings. The van der Waals surface area contributed by atoms with Crippen LogP contribution in [0.3, 0.4) is 0 Å². The first-order valence-corrected chi connectivity index (χ1v) is 6.97. The number of pyridine rings is 1. The average Bonchev–Trinajstić information content (AvgIpc) is 2.84. The van der Waals surface area contributed by atoms with E-state index in [4.69, 9.17) is 0 Å². The molecule has 1 amide bonds. The topological polar surface area (TPSA) is 62.0 Å². The average molecular weight is 288 g/mol. The number of carbonyl (C=O) groups is 1. The second-order valence-corrected chi connectivity index (χ2v) is 5.19. The maximum Gasteiger partial charge on any atom is 0.256 e. The molecule has 0 atom stereocenters. The summed E-state index contributed by atoms with van der Waals surface area (Å²) in [5.41, 5.74) is 3.51. The highest BCUT2D eigenvalue weighted by atomic mass is 16.2. The Morgan fingerprint density at radius 2 is 1.68 bits per heavy atom. The van der Waals surface area contributed by atoms with E-state index in [9.17, 15) is 9.59 Å². The molecular formula is C18H12N2O2. The van der Waals surface area contributed by atoms with Crippen LogP contribution in [0.2, 0.25) is 0 Å². The van der Waals surface area contributed by atoms with E-state index in [1.54, 1.807) is 12.1 Å². The van der Waals surface area contributed by atoms with Gasteiger partial charge >= 0.3 is 0 Å². The molecule has 1 aliphatic heterocycles. The minimum Gasteiger partial charge on any atom is -0.355 e. The van der Waals surface area contributed by atoms with Gasteiger partial charge in [-0.3, -0.25) is 9.59 Å². The number of aromatic amines is 1. The zero-order valence-corrected chi connectivity index (χ0v) is 11.6. The van der Waals surface area contributed by atoms with Gasteiger partial charge in [-0.15, -0.1) is 0 Å². The number of para-hydroxylation sites is 2. The molecule has 0 bridgehead atoms. The lowest BCUT2D eigenvalue weighted by atomic mass is 10.1. The van der Waals surface area contributed by atoms with E-state index in [0.717, 1.165) is 16.8 Å².